The molecule has 0 spiro atoms. The van der Waals surface area contributed by atoms with Crippen LogP contribution in [0.25, 0.3) is 0 Å². The van der Waals surface area contributed by atoms with E-state index in [1.54, 1.807) is 11.8 Å². The van der Waals surface area contributed by atoms with E-state index in [-0.39, 0.29) is 23.2 Å². The SMILES string of the molecule is CC1(C)CC(C(O)CSc2ccccc2)C(C)(C)O1. The van der Waals surface area contributed by atoms with E-state index in [0.717, 1.165) is 12.2 Å². The fraction of sp³-hybridized carbons (Fsp3) is 0.625. The quantitative estimate of drug-likeness (QED) is 0.852. The van der Waals surface area contributed by atoms with Gasteiger partial charge in [0.05, 0.1) is 17.3 Å². The van der Waals surface area contributed by atoms with Crippen molar-refractivity contribution in [2.75, 3.05) is 5.75 Å². The standard InChI is InChI=1S/C16H24O2S/c1-15(2)10-13(16(3,4)18-15)14(17)11-19-12-8-6-5-7-9-12/h5-9,13-14,17H,10-11H2,1-4H3. The van der Waals surface area contributed by atoms with Crippen molar-refractivity contribution < 1.29 is 9.84 Å². The third-order valence-electron chi connectivity index (χ3n) is 3.77. The molecule has 3 heteroatoms. The molecule has 1 aliphatic heterocycles. The van der Waals surface area contributed by atoms with Gasteiger partial charge in [0.15, 0.2) is 0 Å². The summed E-state index contributed by atoms with van der Waals surface area (Å²) >= 11 is 1.71. The van der Waals surface area contributed by atoms with Crippen LogP contribution in [0, 0.1) is 5.92 Å². The van der Waals surface area contributed by atoms with Gasteiger partial charge in [0, 0.05) is 16.6 Å². The Kier molecular flexibility index (Phi) is 4.29. The van der Waals surface area contributed by atoms with Crippen LogP contribution in [0.15, 0.2) is 35.2 Å². The van der Waals surface area contributed by atoms with E-state index in [1.807, 2.05) is 18.2 Å². The number of aliphatic hydroxyl groups excluding tert-OH is 1. The first-order valence-corrected chi connectivity index (χ1v) is 7.85. The molecule has 2 nitrogen and oxygen atoms in total. The Balaban J connectivity index is 1.95. The molecule has 2 atom stereocenters. The smallest absolute Gasteiger partial charge is 0.0690 e. The lowest BCUT2D eigenvalue weighted by atomic mass is 9.84. The van der Waals surface area contributed by atoms with E-state index in [0.29, 0.717) is 0 Å². The highest BCUT2D eigenvalue weighted by molar-refractivity contribution is 7.99. The van der Waals surface area contributed by atoms with E-state index in [4.69, 9.17) is 4.74 Å². The molecule has 0 saturated carbocycles. The summed E-state index contributed by atoms with van der Waals surface area (Å²) in [7, 11) is 0. The lowest BCUT2D eigenvalue weighted by Crippen LogP contribution is -2.37. The Morgan fingerprint density at radius 3 is 2.42 bits per heavy atom. The summed E-state index contributed by atoms with van der Waals surface area (Å²) in [5.74, 6) is 0.913. The largest absolute Gasteiger partial charge is 0.392 e. The van der Waals surface area contributed by atoms with Crippen LogP contribution < -0.4 is 0 Å². The number of benzene rings is 1. The first kappa shape index (κ1) is 14.9. The summed E-state index contributed by atoms with van der Waals surface area (Å²) in [5.41, 5.74) is -0.382. The number of rotatable bonds is 4. The molecule has 1 aliphatic rings. The Hall–Kier alpha value is -0.510. The van der Waals surface area contributed by atoms with Gasteiger partial charge in [-0.3, -0.25) is 0 Å². The monoisotopic (exact) mass is 280 g/mol. The average Bonchev–Trinajstić information content (AvgIpc) is 2.56. The molecule has 0 amide bonds. The van der Waals surface area contributed by atoms with Crippen LogP contribution in [-0.4, -0.2) is 28.2 Å². The Bertz CT molecular complexity index is 414. The minimum Gasteiger partial charge on any atom is -0.392 e. The maximum Gasteiger partial charge on any atom is 0.0690 e. The molecular weight excluding hydrogens is 256 g/mol. The van der Waals surface area contributed by atoms with Gasteiger partial charge in [-0.15, -0.1) is 11.8 Å². The molecule has 2 rings (SSSR count). The van der Waals surface area contributed by atoms with E-state index in [2.05, 4.69) is 39.8 Å². The average molecular weight is 280 g/mol. The summed E-state index contributed by atoms with van der Waals surface area (Å²) in [5, 5.41) is 10.5. The molecule has 0 bridgehead atoms. The molecule has 1 N–H and O–H groups in total. The molecule has 1 aromatic rings. The third kappa shape index (κ3) is 3.74. The topological polar surface area (TPSA) is 29.5 Å². The van der Waals surface area contributed by atoms with Crippen LogP contribution in [0.5, 0.6) is 0 Å². The van der Waals surface area contributed by atoms with Crippen molar-refractivity contribution in [1.82, 2.24) is 0 Å². The molecule has 106 valence electrons. The summed E-state index contributed by atoms with van der Waals surface area (Å²) in [6.45, 7) is 8.38. The fourth-order valence-electron chi connectivity index (χ4n) is 3.02. The van der Waals surface area contributed by atoms with Gasteiger partial charge in [-0.2, -0.15) is 0 Å². The predicted molar refractivity (Wildman–Crippen MR) is 80.5 cm³/mol. The Labute approximate surface area is 120 Å². The summed E-state index contributed by atoms with van der Waals surface area (Å²) in [6, 6.07) is 10.2. The van der Waals surface area contributed by atoms with Gasteiger partial charge >= 0.3 is 0 Å². The van der Waals surface area contributed by atoms with Crippen LogP contribution in [0.4, 0.5) is 0 Å². The van der Waals surface area contributed by atoms with Gasteiger partial charge in [-0.05, 0) is 46.2 Å². The van der Waals surface area contributed by atoms with Gasteiger partial charge < -0.3 is 9.84 Å². The van der Waals surface area contributed by atoms with Crippen molar-refractivity contribution in [3.63, 3.8) is 0 Å². The molecular formula is C16H24O2S. The van der Waals surface area contributed by atoms with E-state index in [9.17, 15) is 5.11 Å². The van der Waals surface area contributed by atoms with Crippen molar-refractivity contribution in [3.8, 4) is 0 Å². The molecule has 0 radical (unpaired) electrons. The highest BCUT2D eigenvalue weighted by Crippen LogP contribution is 2.44. The molecule has 1 saturated heterocycles. The van der Waals surface area contributed by atoms with Crippen molar-refractivity contribution in [2.45, 2.75) is 56.3 Å². The lowest BCUT2D eigenvalue weighted by molar-refractivity contribution is -0.0853. The second kappa shape index (κ2) is 5.47. The van der Waals surface area contributed by atoms with Crippen LogP contribution in [0.3, 0.4) is 0 Å². The maximum absolute atomic E-state index is 10.5. The minimum absolute atomic E-state index is 0.132. The summed E-state index contributed by atoms with van der Waals surface area (Å²) in [6.07, 6.45) is 0.582. The van der Waals surface area contributed by atoms with Crippen LogP contribution in [0.2, 0.25) is 0 Å². The summed E-state index contributed by atoms with van der Waals surface area (Å²) < 4.78 is 6.05. The van der Waals surface area contributed by atoms with Crippen LogP contribution in [-0.2, 0) is 4.74 Å². The molecule has 0 aromatic heterocycles. The number of aliphatic hydroxyl groups is 1. The van der Waals surface area contributed by atoms with Gasteiger partial charge in [0.2, 0.25) is 0 Å². The zero-order chi connectivity index (χ0) is 14.1. The maximum atomic E-state index is 10.5. The van der Waals surface area contributed by atoms with Gasteiger partial charge in [0.25, 0.3) is 0 Å². The van der Waals surface area contributed by atoms with Gasteiger partial charge in [0.1, 0.15) is 0 Å². The first-order chi connectivity index (χ1) is 8.80. The second-order valence-electron chi connectivity index (χ2n) is 6.47. The van der Waals surface area contributed by atoms with Crippen molar-refractivity contribution >= 4 is 11.8 Å². The third-order valence-corrected chi connectivity index (χ3v) is 4.89. The molecule has 0 aliphatic carbocycles. The predicted octanol–water partition coefficient (Wildman–Crippen LogP) is 3.73. The number of ether oxygens (including phenoxy) is 1. The normalized spacial score (nSPS) is 26.3. The zero-order valence-corrected chi connectivity index (χ0v) is 13.0. The molecule has 1 fully saturated rings. The fourth-order valence-corrected chi connectivity index (χ4v) is 3.96. The van der Waals surface area contributed by atoms with Crippen molar-refractivity contribution in [1.29, 1.82) is 0 Å². The van der Waals surface area contributed by atoms with E-state index >= 15 is 0 Å². The lowest BCUT2D eigenvalue weighted by Gasteiger charge is -2.30. The van der Waals surface area contributed by atoms with Crippen molar-refractivity contribution in [3.05, 3.63) is 30.3 Å². The molecule has 1 aromatic carbocycles. The highest BCUT2D eigenvalue weighted by atomic mass is 32.2. The van der Waals surface area contributed by atoms with Crippen LogP contribution >= 0.6 is 11.8 Å². The van der Waals surface area contributed by atoms with E-state index in [1.165, 1.54) is 4.90 Å². The Morgan fingerprint density at radius 1 is 1.26 bits per heavy atom. The molecule has 1 heterocycles. The summed E-state index contributed by atoms with van der Waals surface area (Å²) in [4.78, 5) is 1.21. The van der Waals surface area contributed by atoms with Crippen LogP contribution in [0.1, 0.15) is 34.1 Å². The number of thioether (sulfide) groups is 1. The van der Waals surface area contributed by atoms with Gasteiger partial charge in [-0.25, -0.2) is 0 Å². The second-order valence-corrected chi connectivity index (χ2v) is 7.56. The highest BCUT2D eigenvalue weighted by Gasteiger charge is 2.48. The number of hydrogen-bond donors (Lipinski definition) is 1. The molecule has 19 heavy (non-hydrogen) atoms. The zero-order valence-electron chi connectivity index (χ0n) is 12.2. The van der Waals surface area contributed by atoms with Crippen molar-refractivity contribution in [2.24, 2.45) is 5.92 Å². The first-order valence-electron chi connectivity index (χ1n) is 6.86. The van der Waals surface area contributed by atoms with E-state index < -0.39 is 0 Å². The Morgan fingerprint density at radius 2 is 1.89 bits per heavy atom. The van der Waals surface area contributed by atoms with Gasteiger partial charge in [-0.1, -0.05) is 18.2 Å². The number of hydrogen-bond acceptors (Lipinski definition) is 3. The molecule has 2 unspecified atom stereocenters. The minimum atomic E-state index is -0.331.